The number of para-hydroxylation sites is 1. The molecule has 0 bridgehead atoms. The molecule has 0 aliphatic heterocycles. The van der Waals surface area contributed by atoms with E-state index in [-0.39, 0.29) is 17.1 Å². The van der Waals surface area contributed by atoms with E-state index in [0.717, 1.165) is 15.9 Å². The van der Waals surface area contributed by atoms with Crippen molar-refractivity contribution >= 4 is 34.3 Å². The summed E-state index contributed by atoms with van der Waals surface area (Å²) in [7, 11) is 0. The van der Waals surface area contributed by atoms with Crippen LogP contribution in [0.4, 0.5) is 0 Å². The SMILES string of the molecule is CC(CO)Sc1nc(Cl)nc2ccccc12. The Kier molecular flexibility index (Phi) is 3.63. The molecular formula is C11H11ClN2OS. The Labute approximate surface area is 103 Å². The van der Waals surface area contributed by atoms with Crippen LogP contribution in [0.2, 0.25) is 5.28 Å². The second-order valence-corrected chi connectivity index (χ2v) is 5.19. The minimum Gasteiger partial charge on any atom is -0.395 e. The van der Waals surface area contributed by atoms with E-state index in [0.29, 0.717) is 0 Å². The van der Waals surface area contributed by atoms with Crippen LogP contribution in [0, 0.1) is 0 Å². The molecule has 5 heteroatoms. The standard InChI is InChI=1S/C11H11ClN2OS/c1-7(6-15)16-10-8-4-2-3-5-9(8)13-11(12)14-10/h2-5,7,15H,6H2,1H3. The monoisotopic (exact) mass is 254 g/mol. The molecule has 84 valence electrons. The second kappa shape index (κ2) is 4.99. The lowest BCUT2D eigenvalue weighted by molar-refractivity contribution is 0.300. The lowest BCUT2D eigenvalue weighted by Crippen LogP contribution is -2.03. The average molecular weight is 255 g/mol. The highest BCUT2D eigenvalue weighted by atomic mass is 35.5. The van der Waals surface area contributed by atoms with Crippen molar-refractivity contribution in [1.82, 2.24) is 9.97 Å². The molecule has 1 atom stereocenters. The van der Waals surface area contributed by atoms with Gasteiger partial charge in [-0.2, -0.15) is 0 Å². The van der Waals surface area contributed by atoms with E-state index in [1.165, 1.54) is 11.8 Å². The first-order valence-corrected chi connectivity index (χ1v) is 6.16. The van der Waals surface area contributed by atoms with E-state index < -0.39 is 0 Å². The summed E-state index contributed by atoms with van der Waals surface area (Å²) < 4.78 is 0. The zero-order chi connectivity index (χ0) is 11.5. The van der Waals surface area contributed by atoms with Crippen LogP contribution in [0.5, 0.6) is 0 Å². The fourth-order valence-corrected chi connectivity index (χ4v) is 2.46. The Bertz CT molecular complexity index is 506. The summed E-state index contributed by atoms with van der Waals surface area (Å²) in [6, 6.07) is 7.71. The van der Waals surface area contributed by atoms with Gasteiger partial charge in [-0.1, -0.05) is 25.1 Å². The van der Waals surface area contributed by atoms with Crippen LogP contribution in [0.1, 0.15) is 6.92 Å². The first-order chi connectivity index (χ1) is 7.70. The predicted molar refractivity (Wildman–Crippen MR) is 67.0 cm³/mol. The molecule has 0 saturated heterocycles. The van der Waals surface area contributed by atoms with Gasteiger partial charge < -0.3 is 5.11 Å². The third kappa shape index (κ3) is 2.45. The second-order valence-electron chi connectivity index (χ2n) is 3.43. The van der Waals surface area contributed by atoms with Crippen LogP contribution in [0.25, 0.3) is 10.9 Å². The maximum Gasteiger partial charge on any atom is 0.224 e. The maximum absolute atomic E-state index is 9.04. The number of benzene rings is 1. The van der Waals surface area contributed by atoms with Crippen LogP contribution in [-0.4, -0.2) is 26.9 Å². The third-order valence-corrected chi connectivity index (χ3v) is 3.37. The van der Waals surface area contributed by atoms with Crippen LogP contribution in [0.3, 0.4) is 0 Å². The smallest absolute Gasteiger partial charge is 0.224 e. The van der Waals surface area contributed by atoms with E-state index >= 15 is 0 Å². The number of fused-ring (bicyclic) bond motifs is 1. The van der Waals surface area contributed by atoms with Crippen molar-refractivity contribution in [3.05, 3.63) is 29.5 Å². The van der Waals surface area contributed by atoms with Crippen molar-refractivity contribution in [1.29, 1.82) is 0 Å². The van der Waals surface area contributed by atoms with Crippen LogP contribution >= 0.6 is 23.4 Å². The van der Waals surface area contributed by atoms with Gasteiger partial charge in [-0.15, -0.1) is 11.8 Å². The number of hydrogen-bond acceptors (Lipinski definition) is 4. The molecule has 1 heterocycles. The van der Waals surface area contributed by atoms with Gasteiger partial charge in [-0.25, -0.2) is 9.97 Å². The normalized spacial score (nSPS) is 12.9. The van der Waals surface area contributed by atoms with E-state index in [4.69, 9.17) is 16.7 Å². The number of aliphatic hydroxyl groups excluding tert-OH is 1. The Balaban J connectivity index is 2.50. The molecule has 3 nitrogen and oxygen atoms in total. The topological polar surface area (TPSA) is 46.0 Å². The molecule has 2 aromatic rings. The van der Waals surface area contributed by atoms with E-state index in [9.17, 15) is 0 Å². The van der Waals surface area contributed by atoms with Gasteiger partial charge in [0.15, 0.2) is 0 Å². The number of rotatable bonds is 3. The highest BCUT2D eigenvalue weighted by molar-refractivity contribution is 8.00. The van der Waals surface area contributed by atoms with Gasteiger partial charge in [0, 0.05) is 10.6 Å². The van der Waals surface area contributed by atoms with Crippen molar-refractivity contribution in [3.63, 3.8) is 0 Å². The molecule has 0 aliphatic carbocycles. The number of halogens is 1. The Morgan fingerprint density at radius 2 is 2.12 bits per heavy atom. The van der Waals surface area contributed by atoms with Crippen molar-refractivity contribution in [2.45, 2.75) is 17.2 Å². The first-order valence-electron chi connectivity index (χ1n) is 4.90. The first kappa shape index (κ1) is 11.6. The van der Waals surface area contributed by atoms with Gasteiger partial charge in [0.1, 0.15) is 5.03 Å². The Hall–Kier alpha value is -0.840. The lowest BCUT2D eigenvalue weighted by Gasteiger charge is -2.09. The highest BCUT2D eigenvalue weighted by Crippen LogP contribution is 2.29. The van der Waals surface area contributed by atoms with Crippen molar-refractivity contribution in [3.8, 4) is 0 Å². The minimum atomic E-state index is 0.0920. The molecule has 1 N–H and O–H groups in total. The zero-order valence-electron chi connectivity index (χ0n) is 8.72. The van der Waals surface area contributed by atoms with E-state index in [1.807, 2.05) is 31.2 Å². The molecule has 0 radical (unpaired) electrons. The van der Waals surface area contributed by atoms with Crippen LogP contribution in [0.15, 0.2) is 29.3 Å². The number of aromatic nitrogens is 2. The van der Waals surface area contributed by atoms with Gasteiger partial charge in [0.05, 0.1) is 12.1 Å². The van der Waals surface area contributed by atoms with Gasteiger partial charge >= 0.3 is 0 Å². The quantitative estimate of drug-likeness (QED) is 0.520. The molecule has 0 aliphatic rings. The van der Waals surface area contributed by atoms with Crippen LogP contribution < -0.4 is 0 Å². The van der Waals surface area contributed by atoms with Gasteiger partial charge in [-0.3, -0.25) is 0 Å². The third-order valence-electron chi connectivity index (χ3n) is 2.11. The Morgan fingerprint density at radius 1 is 1.38 bits per heavy atom. The van der Waals surface area contributed by atoms with Gasteiger partial charge in [0.25, 0.3) is 0 Å². The minimum absolute atomic E-state index is 0.0920. The number of thioether (sulfide) groups is 1. The fraction of sp³-hybridized carbons (Fsp3) is 0.273. The molecule has 0 amide bonds. The summed E-state index contributed by atoms with van der Waals surface area (Å²) in [6.07, 6.45) is 0. The van der Waals surface area contributed by atoms with E-state index in [1.54, 1.807) is 0 Å². The molecule has 2 rings (SSSR count). The van der Waals surface area contributed by atoms with E-state index in [2.05, 4.69) is 9.97 Å². The maximum atomic E-state index is 9.04. The number of nitrogens with zero attached hydrogens (tertiary/aromatic N) is 2. The summed E-state index contributed by atoms with van der Waals surface area (Å²) >= 11 is 7.35. The lowest BCUT2D eigenvalue weighted by atomic mass is 10.2. The Morgan fingerprint density at radius 3 is 2.88 bits per heavy atom. The molecule has 0 saturated carbocycles. The summed E-state index contributed by atoms with van der Waals surface area (Å²) in [5.41, 5.74) is 0.829. The number of aliphatic hydroxyl groups is 1. The summed E-state index contributed by atoms with van der Waals surface area (Å²) in [5.74, 6) is 0. The van der Waals surface area contributed by atoms with Crippen molar-refractivity contribution < 1.29 is 5.11 Å². The average Bonchev–Trinajstić information content (AvgIpc) is 2.28. The fourth-order valence-electron chi connectivity index (χ4n) is 1.34. The van der Waals surface area contributed by atoms with Crippen LogP contribution in [-0.2, 0) is 0 Å². The zero-order valence-corrected chi connectivity index (χ0v) is 10.3. The predicted octanol–water partition coefficient (Wildman–Crippen LogP) is 2.76. The number of hydrogen-bond donors (Lipinski definition) is 1. The molecule has 1 unspecified atom stereocenters. The molecule has 0 spiro atoms. The molecule has 16 heavy (non-hydrogen) atoms. The summed E-state index contributed by atoms with van der Waals surface area (Å²) in [4.78, 5) is 8.34. The highest BCUT2D eigenvalue weighted by Gasteiger charge is 2.10. The van der Waals surface area contributed by atoms with Gasteiger partial charge in [-0.05, 0) is 17.7 Å². The molecular weight excluding hydrogens is 244 g/mol. The molecule has 0 fully saturated rings. The van der Waals surface area contributed by atoms with Crippen molar-refractivity contribution in [2.24, 2.45) is 0 Å². The molecule has 1 aromatic carbocycles. The van der Waals surface area contributed by atoms with Gasteiger partial charge in [0.2, 0.25) is 5.28 Å². The largest absolute Gasteiger partial charge is 0.395 e. The summed E-state index contributed by atoms with van der Waals surface area (Å²) in [6.45, 7) is 2.05. The summed E-state index contributed by atoms with van der Waals surface area (Å²) in [5, 5.41) is 11.2. The van der Waals surface area contributed by atoms with Crippen molar-refractivity contribution in [2.75, 3.05) is 6.61 Å². The molecule has 1 aromatic heterocycles.